The lowest BCUT2D eigenvalue weighted by Gasteiger charge is -2.10. The molecule has 0 unspecified atom stereocenters. The third-order valence-corrected chi connectivity index (χ3v) is 3.51. The van der Waals surface area contributed by atoms with Crippen molar-refractivity contribution >= 4 is 0 Å². The fourth-order valence-electron chi connectivity index (χ4n) is 2.12. The average molecular weight is 262 g/mol. The second kappa shape index (κ2) is 7.49. The normalized spacial score (nSPS) is 14.6. The van der Waals surface area contributed by atoms with Crippen LogP contribution in [0.1, 0.15) is 50.8 Å². The molecule has 0 radical (unpaired) electrons. The Kier molecular flexibility index (Phi) is 5.64. The first-order valence-electron chi connectivity index (χ1n) is 7.65. The number of hydrogen-bond acceptors (Lipinski definition) is 3. The van der Waals surface area contributed by atoms with Crippen LogP contribution in [0, 0.1) is 5.92 Å². The van der Waals surface area contributed by atoms with Gasteiger partial charge < -0.3 is 10.1 Å². The summed E-state index contributed by atoms with van der Waals surface area (Å²) in [6.07, 6.45) is 6.08. The van der Waals surface area contributed by atoms with E-state index in [-0.39, 0.29) is 0 Å². The quantitative estimate of drug-likeness (QED) is 0.693. The number of nitrogens with zero attached hydrogens (tertiary/aromatic N) is 1. The molecule has 3 nitrogen and oxygen atoms in total. The zero-order chi connectivity index (χ0) is 13.5. The van der Waals surface area contributed by atoms with Crippen molar-refractivity contribution in [1.82, 2.24) is 10.3 Å². The van der Waals surface area contributed by atoms with E-state index in [2.05, 4.69) is 36.3 Å². The van der Waals surface area contributed by atoms with Crippen LogP contribution in [0.25, 0.3) is 0 Å². The lowest BCUT2D eigenvalue weighted by atomic mass is 10.2. The van der Waals surface area contributed by atoms with Crippen LogP contribution < -0.4 is 10.1 Å². The monoisotopic (exact) mass is 262 g/mol. The number of hydrogen-bond donors (Lipinski definition) is 1. The van der Waals surface area contributed by atoms with Gasteiger partial charge in [-0.15, -0.1) is 0 Å². The summed E-state index contributed by atoms with van der Waals surface area (Å²) in [5.74, 6) is 1.72. The standard InChI is InChI=1S/C16H26N2O/c1-3-8-17-12-14-10-15(4-2)18-16(11-14)19-9-7-13-5-6-13/h10-11,13,17H,3-9,12H2,1-2H3. The molecule has 1 fully saturated rings. The Bertz CT molecular complexity index is 388. The van der Waals surface area contributed by atoms with Crippen LogP contribution in [0.5, 0.6) is 5.88 Å². The van der Waals surface area contributed by atoms with Gasteiger partial charge >= 0.3 is 0 Å². The molecule has 1 aromatic rings. The molecule has 1 heterocycles. The highest BCUT2D eigenvalue weighted by atomic mass is 16.5. The molecule has 1 aromatic heterocycles. The molecule has 1 aliphatic carbocycles. The van der Waals surface area contributed by atoms with Crippen molar-refractivity contribution in [2.45, 2.75) is 52.5 Å². The van der Waals surface area contributed by atoms with Gasteiger partial charge in [0.15, 0.2) is 0 Å². The van der Waals surface area contributed by atoms with E-state index in [1.54, 1.807) is 0 Å². The minimum Gasteiger partial charge on any atom is -0.478 e. The summed E-state index contributed by atoms with van der Waals surface area (Å²) < 4.78 is 5.81. The van der Waals surface area contributed by atoms with Crippen LogP contribution in [0.2, 0.25) is 0 Å². The van der Waals surface area contributed by atoms with Crippen LogP contribution >= 0.6 is 0 Å². The molecule has 19 heavy (non-hydrogen) atoms. The van der Waals surface area contributed by atoms with Crippen molar-refractivity contribution in [3.05, 3.63) is 23.4 Å². The zero-order valence-electron chi connectivity index (χ0n) is 12.2. The van der Waals surface area contributed by atoms with E-state index in [4.69, 9.17) is 4.74 Å². The molecule has 0 amide bonds. The molecule has 0 spiro atoms. The number of rotatable bonds is 9. The number of aromatic nitrogens is 1. The van der Waals surface area contributed by atoms with Crippen molar-refractivity contribution in [3.8, 4) is 5.88 Å². The summed E-state index contributed by atoms with van der Waals surface area (Å²) >= 11 is 0. The second-order valence-corrected chi connectivity index (χ2v) is 5.42. The van der Waals surface area contributed by atoms with E-state index in [1.807, 2.05) is 0 Å². The largest absolute Gasteiger partial charge is 0.478 e. The number of pyridine rings is 1. The topological polar surface area (TPSA) is 34.2 Å². The fraction of sp³-hybridized carbons (Fsp3) is 0.688. The Morgan fingerprint density at radius 1 is 1.32 bits per heavy atom. The highest BCUT2D eigenvalue weighted by Gasteiger charge is 2.20. The summed E-state index contributed by atoms with van der Waals surface area (Å²) in [4.78, 5) is 4.55. The fourth-order valence-corrected chi connectivity index (χ4v) is 2.12. The average Bonchev–Trinajstić information content (AvgIpc) is 3.23. The minimum atomic E-state index is 0.799. The summed E-state index contributed by atoms with van der Waals surface area (Å²) in [5.41, 5.74) is 2.40. The van der Waals surface area contributed by atoms with Gasteiger partial charge in [0.25, 0.3) is 0 Å². The first kappa shape index (κ1) is 14.3. The minimum absolute atomic E-state index is 0.799. The predicted octanol–water partition coefficient (Wildman–Crippen LogP) is 3.32. The highest BCUT2D eigenvalue weighted by Crippen LogP contribution is 2.32. The lowest BCUT2D eigenvalue weighted by molar-refractivity contribution is 0.290. The molecule has 0 bridgehead atoms. The molecule has 106 valence electrons. The van der Waals surface area contributed by atoms with Gasteiger partial charge in [0.2, 0.25) is 5.88 Å². The molecule has 0 aromatic carbocycles. The van der Waals surface area contributed by atoms with E-state index >= 15 is 0 Å². The first-order valence-corrected chi connectivity index (χ1v) is 7.65. The Balaban J connectivity index is 1.89. The second-order valence-electron chi connectivity index (χ2n) is 5.42. The van der Waals surface area contributed by atoms with Crippen molar-refractivity contribution < 1.29 is 4.74 Å². The van der Waals surface area contributed by atoms with Gasteiger partial charge in [-0.2, -0.15) is 0 Å². The van der Waals surface area contributed by atoms with Gasteiger partial charge in [0, 0.05) is 18.3 Å². The molecule has 0 atom stereocenters. The van der Waals surface area contributed by atoms with E-state index in [0.29, 0.717) is 0 Å². The summed E-state index contributed by atoms with van der Waals surface area (Å²) in [5, 5.41) is 3.43. The van der Waals surface area contributed by atoms with Crippen LogP contribution in [0.3, 0.4) is 0 Å². The van der Waals surface area contributed by atoms with Gasteiger partial charge in [0.1, 0.15) is 0 Å². The summed E-state index contributed by atoms with van der Waals surface area (Å²) in [6.45, 7) is 7.10. The van der Waals surface area contributed by atoms with Crippen molar-refractivity contribution in [3.63, 3.8) is 0 Å². The third-order valence-electron chi connectivity index (χ3n) is 3.51. The first-order chi connectivity index (χ1) is 9.31. The van der Waals surface area contributed by atoms with Crippen molar-refractivity contribution in [2.75, 3.05) is 13.2 Å². The Hall–Kier alpha value is -1.09. The SMILES string of the molecule is CCCNCc1cc(CC)nc(OCCC2CC2)c1. The summed E-state index contributed by atoms with van der Waals surface area (Å²) in [6, 6.07) is 4.26. The predicted molar refractivity (Wildman–Crippen MR) is 78.4 cm³/mol. The molecule has 0 aliphatic heterocycles. The smallest absolute Gasteiger partial charge is 0.213 e. The number of ether oxygens (including phenoxy) is 1. The molecule has 0 saturated heterocycles. The molecular weight excluding hydrogens is 236 g/mol. The molecule has 1 aliphatic rings. The Morgan fingerprint density at radius 2 is 2.16 bits per heavy atom. The van der Waals surface area contributed by atoms with Gasteiger partial charge in [-0.25, -0.2) is 4.98 Å². The Labute approximate surface area is 116 Å². The van der Waals surface area contributed by atoms with Crippen LogP contribution in [0.15, 0.2) is 12.1 Å². The maximum Gasteiger partial charge on any atom is 0.213 e. The van der Waals surface area contributed by atoms with E-state index in [1.165, 1.54) is 24.8 Å². The molecule has 1 saturated carbocycles. The Morgan fingerprint density at radius 3 is 2.84 bits per heavy atom. The van der Waals surface area contributed by atoms with Crippen LogP contribution in [-0.2, 0) is 13.0 Å². The van der Waals surface area contributed by atoms with Crippen LogP contribution in [0.4, 0.5) is 0 Å². The van der Waals surface area contributed by atoms with E-state index in [9.17, 15) is 0 Å². The van der Waals surface area contributed by atoms with Gasteiger partial charge in [0.05, 0.1) is 6.61 Å². The highest BCUT2D eigenvalue weighted by molar-refractivity contribution is 5.25. The van der Waals surface area contributed by atoms with Crippen molar-refractivity contribution in [1.29, 1.82) is 0 Å². The third kappa shape index (κ3) is 5.19. The van der Waals surface area contributed by atoms with Gasteiger partial charge in [-0.3, -0.25) is 0 Å². The molecule has 3 heteroatoms. The summed E-state index contributed by atoms with van der Waals surface area (Å²) in [7, 11) is 0. The van der Waals surface area contributed by atoms with Crippen LogP contribution in [-0.4, -0.2) is 18.1 Å². The van der Waals surface area contributed by atoms with Gasteiger partial charge in [-0.1, -0.05) is 26.7 Å². The van der Waals surface area contributed by atoms with Crippen molar-refractivity contribution in [2.24, 2.45) is 5.92 Å². The lowest BCUT2D eigenvalue weighted by Crippen LogP contribution is -2.14. The van der Waals surface area contributed by atoms with Gasteiger partial charge in [-0.05, 0) is 43.4 Å². The maximum absolute atomic E-state index is 5.81. The van der Waals surface area contributed by atoms with E-state index in [0.717, 1.165) is 50.0 Å². The molecular formula is C16H26N2O. The maximum atomic E-state index is 5.81. The van der Waals surface area contributed by atoms with E-state index < -0.39 is 0 Å². The number of nitrogens with one attached hydrogen (secondary N) is 1. The number of aryl methyl sites for hydroxylation is 1. The molecule has 2 rings (SSSR count). The molecule has 1 N–H and O–H groups in total. The zero-order valence-corrected chi connectivity index (χ0v) is 12.2.